The Morgan fingerprint density at radius 2 is 1.83 bits per heavy atom. The average molecular weight is 323 g/mol. The Morgan fingerprint density at radius 3 is 2.35 bits per heavy atom. The predicted molar refractivity (Wildman–Crippen MR) is 81.9 cm³/mol. The van der Waals surface area contributed by atoms with Gasteiger partial charge in [-0.15, -0.1) is 12.3 Å². The van der Waals surface area contributed by atoms with Crippen molar-refractivity contribution < 1.29 is 13.6 Å². The number of nitrogens with zero attached hydrogens (tertiary/aromatic N) is 3. The van der Waals surface area contributed by atoms with E-state index in [9.17, 15) is 13.6 Å². The van der Waals surface area contributed by atoms with E-state index in [2.05, 4.69) is 16.1 Å². The first kappa shape index (κ1) is 16.4. The molecule has 2 heterocycles. The first-order chi connectivity index (χ1) is 10.9. The standard InChI is InChI=1S/C17H23F2N3O/c1-2-3-5-17(20-21-17)6-4-14(23)22-11-9-15(10-12-22)7-8-16(18,19)13-15/h1H,3-13H2. The van der Waals surface area contributed by atoms with Crippen LogP contribution in [0.4, 0.5) is 8.78 Å². The number of carbonyl (C=O) groups excluding carboxylic acids is 1. The molecule has 0 aromatic carbocycles. The molecule has 0 radical (unpaired) electrons. The Morgan fingerprint density at radius 1 is 1.13 bits per heavy atom. The number of carbonyl (C=O) groups is 1. The molecule has 0 N–H and O–H groups in total. The Kier molecular flexibility index (Phi) is 4.16. The van der Waals surface area contributed by atoms with E-state index in [1.54, 1.807) is 0 Å². The van der Waals surface area contributed by atoms with Crippen LogP contribution in [-0.2, 0) is 4.79 Å². The number of hydrogen-bond donors (Lipinski definition) is 0. The lowest BCUT2D eigenvalue weighted by Crippen LogP contribution is -2.43. The van der Waals surface area contributed by atoms with E-state index in [0.717, 1.165) is 0 Å². The lowest BCUT2D eigenvalue weighted by Gasteiger charge is -2.39. The smallest absolute Gasteiger partial charge is 0.248 e. The van der Waals surface area contributed by atoms with Crippen LogP contribution in [0, 0.1) is 17.8 Å². The molecular formula is C17H23F2N3O. The van der Waals surface area contributed by atoms with Crippen molar-refractivity contribution in [3.8, 4) is 12.3 Å². The molecule has 126 valence electrons. The van der Waals surface area contributed by atoms with Gasteiger partial charge in [0, 0.05) is 51.6 Å². The summed E-state index contributed by atoms with van der Waals surface area (Å²) < 4.78 is 26.9. The first-order valence-corrected chi connectivity index (χ1v) is 8.41. The van der Waals surface area contributed by atoms with Crippen LogP contribution < -0.4 is 0 Å². The normalized spacial score (nSPS) is 26.2. The second kappa shape index (κ2) is 5.85. The molecule has 0 bridgehead atoms. The van der Waals surface area contributed by atoms with Crippen LogP contribution in [0.25, 0.3) is 0 Å². The van der Waals surface area contributed by atoms with Crippen LogP contribution in [0.2, 0.25) is 0 Å². The summed E-state index contributed by atoms with van der Waals surface area (Å²) >= 11 is 0. The molecule has 2 aliphatic heterocycles. The lowest BCUT2D eigenvalue weighted by molar-refractivity contribution is -0.134. The van der Waals surface area contributed by atoms with Crippen molar-refractivity contribution in [2.24, 2.45) is 15.6 Å². The van der Waals surface area contributed by atoms with Gasteiger partial charge in [0.15, 0.2) is 5.66 Å². The van der Waals surface area contributed by atoms with E-state index in [4.69, 9.17) is 6.42 Å². The Hall–Kier alpha value is -1.51. The number of rotatable bonds is 5. The number of hydrogen-bond acceptors (Lipinski definition) is 3. The van der Waals surface area contributed by atoms with E-state index in [1.165, 1.54) is 0 Å². The van der Waals surface area contributed by atoms with Crippen molar-refractivity contribution in [3.05, 3.63) is 0 Å². The third kappa shape index (κ3) is 3.70. The van der Waals surface area contributed by atoms with Gasteiger partial charge in [0.05, 0.1) is 0 Å². The number of likely N-dealkylation sites (tertiary alicyclic amines) is 1. The fourth-order valence-electron chi connectivity index (χ4n) is 3.96. The van der Waals surface area contributed by atoms with Crippen molar-refractivity contribution in [1.29, 1.82) is 0 Å². The summed E-state index contributed by atoms with van der Waals surface area (Å²) in [6, 6.07) is 0. The van der Waals surface area contributed by atoms with Gasteiger partial charge in [-0.2, -0.15) is 10.2 Å². The molecule has 0 atom stereocenters. The van der Waals surface area contributed by atoms with E-state index >= 15 is 0 Å². The zero-order valence-corrected chi connectivity index (χ0v) is 13.4. The Balaban J connectivity index is 1.43. The summed E-state index contributed by atoms with van der Waals surface area (Å²) in [5.74, 6) is 0.148. The van der Waals surface area contributed by atoms with Gasteiger partial charge >= 0.3 is 0 Å². The fraction of sp³-hybridized carbons (Fsp3) is 0.824. The number of terminal acetylenes is 1. The average Bonchev–Trinajstić information content (AvgIpc) is 3.23. The Labute approximate surface area is 135 Å². The molecule has 2 fully saturated rings. The maximum absolute atomic E-state index is 13.5. The highest BCUT2D eigenvalue weighted by atomic mass is 19.3. The summed E-state index contributed by atoms with van der Waals surface area (Å²) in [7, 11) is 0. The fourth-order valence-corrected chi connectivity index (χ4v) is 3.96. The number of halogens is 2. The highest BCUT2D eigenvalue weighted by molar-refractivity contribution is 5.76. The molecule has 4 nitrogen and oxygen atoms in total. The van der Waals surface area contributed by atoms with E-state index in [0.29, 0.717) is 58.0 Å². The van der Waals surface area contributed by atoms with Crippen molar-refractivity contribution in [2.45, 2.75) is 69.4 Å². The van der Waals surface area contributed by atoms with Gasteiger partial charge in [0.1, 0.15) is 0 Å². The summed E-state index contributed by atoms with van der Waals surface area (Å²) in [5.41, 5.74) is -0.665. The van der Waals surface area contributed by atoms with Crippen molar-refractivity contribution >= 4 is 5.91 Å². The molecule has 1 saturated carbocycles. The van der Waals surface area contributed by atoms with E-state index in [1.807, 2.05) is 4.90 Å². The van der Waals surface area contributed by atoms with Crippen molar-refractivity contribution in [2.75, 3.05) is 13.1 Å². The number of amides is 1. The van der Waals surface area contributed by atoms with Crippen LogP contribution in [0.15, 0.2) is 10.2 Å². The summed E-state index contributed by atoms with van der Waals surface area (Å²) in [4.78, 5) is 14.1. The zero-order chi connectivity index (χ0) is 16.6. The highest BCUT2D eigenvalue weighted by Crippen LogP contribution is 2.52. The molecule has 0 aromatic heterocycles. The zero-order valence-electron chi connectivity index (χ0n) is 13.4. The number of piperidine rings is 1. The molecule has 3 aliphatic rings. The van der Waals surface area contributed by atoms with Crippen LogP contribution in [-0.4, -0.2) is 35.5 Å². The summed E-state index contributed by atoms with van der Waals surface area (Å²) in [6.07, 6.45) is 9.56. The quantitative estimate of drug-likeness (QED) is 0.710. The molecular weight excluding hydrogens is 300 g/mol. The maximum Gasteiger partial charge on any atom is 0.248 e. The first-order valence-electron chi connectivity index (χ1n) is 8.41. The van der Waals surface area contributed by atoms with Gasteiger partial charge in [-0.3, -0.25) is 4.79 Å². The summed E-state index contributed by atoms with van der Waals surface area (Å²) in [6.45, 7) is 1.20. The van der Waals surface area contributed by atoms with Crippen LogP contribution >= 0.6 is 0 Å². The monoisotopic (exact) mass is 323 g/mol. The predicted octanol–water partition coefficient (Wildman–Crippen LogP) is 3.77. The largest absolute Gasteiger partial charge is 0.343 e. The molecule has 1 spiro atoms. The minimum Gasteiger partial charge on any atom is -0.343 e. The second-order valence-corrected chi connectivity index (χ2v) is 7.30. The van der Waals surface area contributed by atoms with Crippen LogP contribution in [0.3, 0.4) is 0 Å². The minimum absolute atomic E-state index is 0.00164. The van der Waals surface area contributed by atoms with Gasteiger partial charge in [-0.1, -0.05) is 0 Å². The Bertz CT molecular complexity index is 539. The topological polar surface area (TPSA) is 45.0 Å². The highest BCUT2D eigenvalue weighted by Gasteiger charge is 2.50. The molecule has 1 aliphatic carbocycles. The van der Waals surface area contributed by atoms with Gasteiger partial charge in [0.2, 0.25) is 11.8 Å². The van der Waals surface area contributed by atoms with E-state index in [-0.39, 0.29) is 24.2 Å². The molecule has 23 heavy (non-hydrogen) atoms. The van der Waals surface area contributed by atoms with Gasteiger partial charge in [-0.05, 0) is 24.7 Å². The third-order valence-corrected chi connectivity index (χ3v) is 5.62. The van der Waals surface area contributed by atoms with Gasteiger partial charge < -0.3 is 4.90 Å². The lowest BCUT2D eigenvalue weighted by atomic mass is 9.77. The maximum atomic E-state index is 13.5. The van der Waals surface area contributed by atoms with Gasteiger partial charge in [0.25, 0.3) is 0 Å². The summed E-state index contributed by atoms with van der Waals surface area (Å²) in [5, 5.41) is 8.08. The molecule has 1 saturated heterocycles. The van der Waals surface area contributed by atoms with Crippen molar-refractivity contribution in [3.63, 3.8) is 0 Å². The SMILES string of the molecule is C#CCCC1(CCC(=O)N2CCC3(CC2)CCC(F)(F)C3)N=N1. The van der Waals surface area contributed by atoms with Gasteiger partial charge in [-0.25, -0.2) is 8.78 Å². The molecule has 0 unspecified atom stereocenters. The minimum atomic E-state index is -2.51. The van der Waals surface area contributed by atoms with E-state index < -0.39 is 11.6 Å². The third-order valence-electron chi connectivity index (χ3n) is 5.62. The molecule has 6 heteroatoms. The molecule has 0 aromatic rings. The molecule has 3 rings (SSSR count). The molecule has 1 amide bonds. The van der Waals surface area contributed by atoms with Crippen LogP contribution in [0.1, 0.15) is 57.8 Å². The second-order valence-electron chi connectivity index (χ2n) is 7.30. The van der Waals surface area contributed by atoms with Crippen LogP contribution in [0.5, 0.6) is 0 Å². The van der Waals surface area contributed by atoms with Crippen molar-refractivity contribution in [1.82, 2.24) is 4.90 Å². The number of alkyl halides is 2.